The second-order valence-electron chi connectivity index (χ2n) is 7.65. The lowest BCUT2D eigenvalue weighted by Crippen LogP contribution is -2.52. The zero-order valence-corrected chi connectivity index (χ0v) is 16.3. The summed E-state index contributed by atoms with van der Waals surface area (Å²) >= 11 is 0. The number of aromatic nitrogens is 2. The van der Waals surface area contributed by atoms with Crippen LogP contribution in [0.25, 0.3) is 11.4 Å². The molecule has 2 aliphatic rings. The van der Waals surface area contributed by atoms with Crippen molar-refractivity contribution in [2.45, 2.75) is 51.0 Å². The van der Waals surface area contributed by atoms with E-state index in [2.05, 4.69) is 10.1 Å². The highest BCUT2D eigenvalue weighted by molar-refractivity contribution is 5.88. The van der Waals surface area contributed by atoms with E-state index in [1.165, 1.54) is 12.1 Å². The summed E-state index contributed by atoms with van der Waals surface area (Å²) in [4.78, 5) is 33.6. The standard InChI is InChI=1S/C21H25FN4O3/c22-16-8-6-15(7-9-16)20-23-18(29-24-20)10-11-19(27)26-14-2-1-5-17(26)21(28)25-12-3-4-13-25/h6-9,17H,1-5,10-14H2. The Morgan fingerprint density at radius 2 is 1.79 bits per heavy atom. The van der Waals surface area contributed by atoms with Crippen LogP contribution in [0.15, 0.2) is 28.8 Å². The maximum absolute atomic E-state index is 13.0. The molecule has 8 heteroatoms. The molecule has 2 amide bonds. The molecule has 0 N–H and O–H groups in total. The number of aryl methyl sites for hydroxylation is 1. The van der Waals surface area contributed by atoms with Gasteiger partial charge in [-0.15, -0.1) is 0 Å². The molecule has 4 rings (SSSR count). The fourth-order valence-corrected chi connectivity index (χ4v) is 4.07. The number of hydrogen-bond donors (Lipinski definition) is 0. The molecule has 2 aliphatic heterocycles. The van der Waals surface area contributed by atoms with Gasteiger partial charge in [-0.3, -0.25) is 9.59 Å². The Bertz CT molecular complexity index is 861. The van der Waals surface area contributed by atoms with E-state index in [9.17, 15) is 14.0 Å². The SMILES string of the molecule is O=C(C1CCCCN1C(=O)CCc1nc(-c2ccc(F)cc2)no1)N1CCCC1. The van der Waals surface area contributed by atoms with Gasteiger partial charge in [-0.05, 0) is 56.4 Å². The fraction of sp³-hybridized carbons (Fsp3) is 0.524. The Morgan fingerprint density at radius 1 is 1.07 bits per heavy atom. The van der Waals surface area contributed by atoms with E-state index in [0.29, 0.717) is 30.2 Å². The first kappa shape index (κ1) is 19.5. The van der Waals surface area contributed by atoms with Crippen LogP contribution in [-0.4, -0.2) is 57.4 Å². The molecule has 2 saturated heterocycles. The van der Waals surface area contributed by atoms with Crippen molar-refractivity contribution >= 4 is 11.8 Å². The molecule has 29 heavy (non-hydrogen) atoms. The molecule has 1 aromatic carbocycles. The number of hydrogen-bond acceptors (Lipinski definition) is 5. The molecule has 3 heterocycles. The predicted molar refractivity (Wildman–Crippen MR) is 103 cm³/mol. The molecule has 0 spiro atoms. The average molecular weight is 400 g/mol. The third-order valence-electron chi connectivity index (χ3n) is 5.65. The van der Waals surface area contributed by atoms with Gasteiger partial charge in [-0.25, -0.2) is 4.39 Å². The average Bonchev–Trinajstić information content (AvgIpc) is 3.44. The van der Waals surface area contributed by atoms with E-state index in [-0.39, 0.29) is 30.1 Å². The lowest BCUT2D eigenvalue weighted by Gasteiger charge is -2.36. The van der Waals surface area contributed by atoms with Crippen molar-refractivity contribution in [1.82, 2.24) is 19.9 Å². The molecule has 2 aromatic rings. The minimum atomic E-state index is -0.341. The topological polar surface area (TPSA) is 79.5 Å². The van der Waals surface area contributed by atoms with Crippen molar-refractivity contribution in [3.8, 4) is 11.4 Å². The number of rotatable bonds is 5. The lowest BCUT2D eigenvalue weighted by atomic mass is 10.00. The number of benzene rings is 1. The molecule has 1 unspecified atom stereocenters. The minimum Gasteiger partial charge on any atom is -0.341 e. The van der Waals surface area contributed by atoms with Crippen LogP contribution in [0.1, 0.15) is 44.4 Å². The summed E-state index contributed by atoms with van der Waals surface area (Å²) in [5.41, 5.74) is 0.653. The third-order valence-corrected chi connectivity index (χ3v) is 5.65. The van der Waals surface area contributed by atoms with Crippen LogP contribution in [0.2, 0.25) is 0 Å². The molecule has 0 saturated carbocycles. The first-order chi connectivity index (χ1) is 14.1. The third kappa shape index (κ3) is 4.46. The molecular weight excluding hydrogens is 375 g/mol. The summed E-state index contributed by atoms with van der Waals surface area (Å²) < 4.78 is 18.3. The molecule has 154 valence electrons. The Kier molecular flexibility index (Phi) is 5.87. The maximum Gasteiger partial charge on any atom is 0.245 e. The molecule has 7 nitrogen and oxygen atoms in total. The Morgan fingerprint density at radius 3 is 2.55 bits per heavy atom. The summed E-state index contributed by atoms with van der Waals surface area (Å²) in [5, 5.41) is 3.91. The van der Waals surface area contributed by atoms with Crippen LogP contribution in [0.3, 0.4) is 0 Å². The number of nitrogens with zero attached hydrogens (tertiary/aromatic N) is 4. The number of likely N-dealkylation sites (tertiary alicyclic amines) is 2. The van der Waals surface area contributed by atoms with Crippen molar-refractivity contribution in [2.24, 2.45) is 0 Å². The first-order valence-electron chi connectivity index (χ1n) is 10.3. The quantitative estimate of drug-likeness (QED) is 0.771. The van der Waals surface area contributed by atoms with E-state index in [4.69, 9.17) is 4.52 Å². The van der Waals surface area contributed by atoms with Gasteiger partial charge >= 0.3 is 0 Å². The van der Waals surface area contributed by atoms with Crippen LogP contribution in [0.4, 0.5) is 4.39 Å². The van der Waals surface area contributed by atoms with Crippen LogP contribution < -0.4 is 0 Å². The Labute approximate surface area is 168 Å². The summed E-state index contributed by atoms with van der Waals surface area (Å²) in [5.74, 6) is 0.433. The number of carbonyl (C=O) groups excluding carboxylic acids is 2. The summed E-state index contributed by atoms with van der Waals surface area (Å²) in [6, 6.07) is 5.49. The van der Waals surface area contributed by atoms with Gasteiger partial charge in [0, 0.05) is 38.0 Å². The van der Waals surface area contributed by atoms with Crippen LogP contribution >= 0.6 is 0 Å². The monoisotopic (exact) mass is 400 g/mol. The van der Waals surface area contributed by atoms with Crippen molar-refractivity contribution < 1.29 is 18.5 Å². The largest absolute Gasteiger partial charge is 0.341 e. The number of halogens is 1. The summed E-state index contributed by atoms with van der Waals surface area (Å²) in [7, 11) is 0. The van der Waals surface area contributed by atoms with E-state index in [1.54, 1.807) is 17.0 Å². The highest BCUT2D eigenvalue weighted by atomic mass is 19.1. The van der Waals surface area contributed by atoms with Gasteiger partial charge in [-0.1, -0.05) is 5.16 Å². The van der Waals surface area contributed by atoms with Crippen LogP contribution in [0, 0.1) is 5.82 Å². The normalized spacial score (nSPS) is 19.6. The highest BCUT2D eigenvalue weighted by Crippen LogP contribution is 2.23. The minimum absolute atomic E-state index is 0.0521. The lowest BCUT2D eigenvalue weighted by molar-refractivity contribution is -0.147. The van der Waals surface area contributed by atoms with Crippen LogP contribution in [-0.2, 0) is 16.0 Å². The summed E-state index contributed by atoms with van der Waals surface area (Å²) in [6.07, 6.45) is 5.24. The van der Waals surface area contributed by atoms with Crippen molar-refractivity contribution in [3.05, 3.63) is 36.0 Å². The second-order valence-corrected chi connectivity index (χ2v) is 7.65. The van der Waals surface area contributed by atoms with Gasteiger partial charge in [0.05, 0.1) is 0 Å². The smallest absolute Gasteiger partial charge is 0.245 e. The van der Waals surface area contributed by atoms with Gasteiger partial charge in [0.1, 0.15) is 11.9 Å². The predicted octanol–water partition coefficient (Wildman–Crippen LogP) is 2.81. The Balaban J connectivity index is 1.37. The van der Waals surface area contributed by atoms with Crippen molar-refractivity contribution in [1.29, 1.82) is 0 Å². The van der Waals surface area contributed by atoms with Crippen molar-refractivity contribution in [2.75, 3.05) is 19.6 Å². The second kappa shape index (κ2) is 8.71. The van der Waals surface area contributed by atoms with E-state index in [1.807, 2.05) is 4.90 Å². The van der Waals surface area contributed by atoms with Gasteiger partial charge in [0.2, 0.25) is 23.5 Å². The molecule has 0 bridgehead atoms. The maximum atomic E-state index is 13.0. The number of carbonyl (C=O) groups is 2. The van der Waals surface area contributed by atoms with E-state index in [0.717, 1.165) is 45.2 Å². The number of amides is 2. The zero-order valence-electron chi connectivity index (χ0n) is 16.3. The summed E-state index contributed by atoms with van der Waals surface area (Å²) in [6.45, 7) is 2.21. The molecule has 1 atom stereocenters. The Hall–Kier alpha value is -2.77. The molecular formula is C21H25FN4O3. The zero-order chi connectivity index (χ0) is 20.2. The number of piperidine rings is 1. The molecule has 1 aromatic heterocycles. The molecule has 0 radical (unpaired) electrons. The first-order valence-corrected chi connectivity index (χ1v) is 10.3. The van der Waals surface area contributed by atoms with E-state index >= 15 is 0 Å². The highest BCUT2D eigenvalue weighted by Gasteiger charge is 2.35. The van der Waals surface area contributed by atoms with Gasteiger partial charge in [0.25, 0.3) is 0 Å². The van der Waals surface area contributed by atoms with Gasteiger partial charge in [0.15, 0.2) is 0 Å². The van der Waals surface area contributed by atoms with Gasteiger partial charge < -0.3 is 14.3 Å². The van der Waals surface area contributed by atoms with E-state index < -0.39 is 0 Å². The van der Waals surface area contributed by atoms with Crippen molar-refractivity contribution in [3.63, 3.8) is 0 Å². The van der Waals surface area contributed by atoms with Crippen LogP contribution in [0.5, 0.6) is 0 Å². The molecule has 0 aliphatic carbocycles. The molecule has 2 fully saturated rings. The van der Waals surface area contributed by atoms with Gasteiger partial charge in [-0.2, -0.15) is 4.98 Å². The fourth-order valence-electron chi connectivity index (χ4n) is 4.07.